The van der Waals surface area contributed by atoms with Crippen LogP contribution in [0.4, 0.5) is 4.39 Å². The first-order valence-corrected chi connectivity index (χ1v) is 10.2. The predicted molar refractivity (Wildman–Crippen MR) is 104 cm³/mol. The summed E-state index contributed by atoms with van der Waals surface area (Å²) >= 11 is 0. The maximum absolute atomic E-state index is 14.6. The molecule has 0 saturated heterocycles. The monoisotopic (exact) mass is 400 g/mol. The van der Waals surface area contributed by atoms with E-state index in [4.69, 9.17) is 4.74 Å². The summed E-state index contributed by atoms with van der Waals surface area (Å²) in [5, 5.41) is 24.5. The van der Waals surface area contributed by atoms with E-state index in [1.54, 1.807) is 17.1 Å². The van der Waals surface area contributed by atoms with Crippen molar-refractivity contribution in [3.63, 3.8) is 0 Å². The Bertz CT molecular complexity index is 929. The molecule has 1 saturated carbocycles. The molecule has 0 aromatic carbocycles. The Hall–Kier alpha value is -2.38. The molecule has 3 unspecified atom stereocenters. The van der Waals surface area contributed by atoms with E-state index in [9.17, 15) is 19.4 Å². The molecule has 3 heterocycles. The summed E-state index contributed by atoms with van der Waals surface area (Å²) in [6, 6.07) is -0.158. The summed E-state index contributed by atoms with van der Waals surface area (Å²) in [4.78, 5) is 13.5. The Morgan fingerprint density at radius 2 is 2.10 bits per heavy atom. The maximum atomic E-state index is 14.6. The number of fused-ring (bicyclic) bond motifs is 2. The van der Waals surface area contributed by atoms with Crippen molar-refractivity contribution in [2.75, 3.05) is 13.2 Å². The van der Waals surface area contributed by atoms with Gasteiger partial charge in [-0.15, -0.1) is 0 Å². The van der Waals surface area contributed by atoms with Crippen molar-refractivity contribution in [2.24, 2.45) is 5.92 Å². The van der Waals surface area contributed by atoms with Crippen LogP contribution in [0.3, 0.4) is 0 Å². The Morgan fingerprint density at radius 3 is 2.93 bits per heavy atom. The van der Waals surface area contributed by atoms with Gasteiger partial charge in [-0.25, -0.2) is 9.18 Å². The van der Waals surface area contributed by atoms with Crippen molar-refractivity contribution in [3.8, 4) is 0 Å². The summed E-state index contributed by atoms with van der Waals surface area (Å²) in [6.07, 6.45) is 7.19. The van der Waals surface area contributed by atoms with Crippen molar-refractivity contribution >= 4 is 5.97 Å². The molecule has 3 aliphatic heterocycles. The highest BCUT2D eigenvalue weighted by molar-refractivity contribution is 5.81. The zero-order valence-electron chi connectivity index (χ0n) is 16.3. The molecule has 6 nitrogen and oxygen atoms in total. The molecule has 0 bridgehead atoms. The molecule has 154 valence electrons. The van der Waals surface area contributed by atoms with E-state index in [-0.39, 0.29) is 24.4 Å². The molecule has 0 amide bonds. The molecular weight excluding hydrogens is 375 g/mol. The molecule has 0 spiro atoms. The molecule has 0 aromatic rings. The number of carbonyl (C=O) groups excluding carboxylic acids is 1. The molecule has 29 heavy (non-hydrogen) atoms. The molecule has 1 fully saturated rings. The number of esters is 1. The first-order valence-electron chi connectivity index (χ1n) is 10.2. The van der Waals surface area contributed by atoms with E-state index in [0.29, 0.717) is 23.4 Å². The van der Waals surface area contributed by atoms with E-state index >= 15 is 0 Å². The molecular formula is C22H25FN2O4. The van der Waals surface area contributed by atoms with Crippen LogP contribution < -0.4 is 5.32 Å². The van der Waals surface area contributed by atoms with Crippen molar-refractivity contribution in [2.45, 2.75) is 51.0 Å². The Balaban J connectivity index is 1.44. The highest BCUT2D eigenvalue weighted by atomic mass is 19.1. The first-order chi connectivity index (χ1) is 14.0. The van der Waals surface area contributed by atoms with Crippen LogP contribution in [0.2, 0.25) is 0 Å². The van der Waals surface area contributed by atoms with E-state index < -0.39 is 18.3 Å². The van der Waals surface area contributed by atoms with Crippen LogP contribution in [0.25, 0.3) is 0 Å². The molecule has 0 aromatic heterocycles. The molecule has 4 atom stereocenters. The van der Waals surface area contributed by atoms with Crippen LogP contribution in [0, 0.1) is 5.92 Å². The maximum Gasteiger partial charge on any atom is 0.339 e. The third-order valence-electron chi connectivity index (χ3n) is 6.82. The lowest BCUT2D eigenvalue weighted by Crippen LogP contribution is -2.45. The molecule has 5 rings (SSSR count). The topological polar surface area (TPSA) is 82.0 Å². The van der Waals surface area contributed by atoms with Gasteiger partial charge < -0.3 is 25.2 Å². The lowest BCUT2D eigenvalue weighted by molar-refractivity contribution is -0.153. The minimum atomic E-state index is -1.40. The average molecular weight is 400 g/mol. The summed E-state index contributed by atoms with van der Waals surface area (Å²) in [6.45, 7) is 2.33. The van der Waals surface area contributed by atoms with Crippen LogP contribution in [0.5, 0.6) is 0 Å². The van der Waals surface area contributed by atoms with Gasteiger partial charge in [0.05, 0.1) is 17.4 Å². The van der Waals surface area contributed by atoms with Gasteiger partial charge in [0.15, 0.2) is 12.3 Å². The number of aliphatic hydroxyl groups excluding tert-OH is 2. The van der Waals surface area contributed by atoms with Gasteiger partial charge >= 0.3 is 5.97 Å². The van der Waals surface area contributed by atoms with Gasteiger partial charge in [0.2, 0.25) is 0 Å². The zero-order valence-corrected chi connectivity index (χ0v) is 16.3. The zero-order chi connectivity index (χ0) is 20.3. The van der Waals surface area contributed by atoms with Crippen LogP contribution >= 0.6 is 0 Å². The number of rotatable bonds is 2. The lowest BCUT2D eigenvalue weighted by atomic mass is 9.74. The SMILES string of the molecule is CC1=C2CCCC[C@@H]2C(NC2=CCN3C2=CC2=C(COC(=O)C2O)C3O)C=C1F. The van der Waals surface area contributed by atoms with Crippen LogP contribution in [-0.2, 0) is 9.53 Å². The van der Waals surface area contributed by atoms with Gasteiger partial charge in [-0.2, -0.15) is 0 Å². The molecule has 7 heteroatoms. The smallest absolute Gasteiger partial charge is 0.339 e. The Kier molecular flexibility index (Phi) is 4.40. The summed E-state index contributed by atoms with van der Waals surface area (Å²) in [5.74, 6) is -0.612. The number of hydrogen-bond donors (Lipinski definition) is 3. The van der Waals surface area contributed by atoms with Gasteiger partial charge in [-0.1, -0.05) is 12.0 Å². The van der Waals surface area contributed by atoms with Crippen LogP contribution in [0.15, 0.2) is 57.7 Å². The second kappa shape index (κ2) is 6.85. The quantitative estimate of drug-likeness (QED) is 0.615. The normalized spacial score (nSPS) is 34.0. The fourth-order valence-electron chi connectivity index (χ4n) is 5.19. The standard InChI is InChI=1S/C22H25FN2O4/c1-11-12-4-2-3-5-13(12)18(9-16(11)23)24-17-6-7-25-19(17)8-14-15(21(25)27)10-29-22(28)20(14)26/h6,8-9,13,18,20-21,24,26-27H,2-5,7,10H2,1H3/t13-,18?,20?,21?/m0/s1. The van der Waals surface area contributed by atoms with E-state index in [2.05, 4.69) is 5.32 Å². The van der Waals surface area contributed by atoms with E-state index in [0.717, 1.165) is 37.0 Å². The molecule has 3 N–H and O–H groups in total. The Labute approximate surface area is 168 Å². The largest absolute Gasteiger partial charge is 0.459 e. The number of allylic oxidation sites excluding steroid dienone is 2. The summed E-state index contributed by atoms with van der Waals surface area (Å²) in [5.41, 5.74) is 4.39. The van der Waals surface area contributed by atoms with E-state index in [1.807, 2.05) is 13.0 Å². The number of halogens is 1. The van der Waals surface area contributed by atoms with Crippen molar-refractivity contribution in [1.29, 1.82) is 0 Å². The second-order valence-electron chi connectivity index (χ2n) is 8.35. The highest BCUT2D eigenvalue weighted by Gasteiger charge is 2.41. The minimum absolute atomic E-state index is 0.0263. The predicted octanol–water partition coefficient (Wildman–Crippen LogP) is 1.95. The number of cyclic esters (lactones) is 1. The average Bonchev–Trinajstić information content (AvgIpc) is 3.12. The fraction of sp³-hybridized carbons (Fsp3) is 0.500. The first kappa shape index (κ1) is 18.6. The van der Waals surface area contributed by atoms with E-state index in [1.165, 1.54) is 5.57 Å². The summed E-state index contributed by atoms with van der Waals surface area (Å²) < 4.78 is 19.5. The van der Waals surface area contributed by atoms with Gasteiger partial charge in [0.25, 0.3) is 0 Å². The van der Waals surface area contributed by atoms with Crippen LogP contribution in [-0.4, -0.2) is 52.6 Å². The minimum Gasteiger partial charge on any atom is -0.459 e. The fourth-order valence-corrected chi connectivity index (χ4v) is 5.19. The number of ether oxygens (including phenoxy) is 1. The highest BCUT2D eigenvalue weighted by Crippen LogP contribution is 2.42. The molecule has 2 aliphatic carbocycles. The molecule has 0 radical (unpaired) electrons. The van der Waals surface area contributed by atoms with Crippen LogP contribution in [0.1, 0.15) is 32.6 Å². The Morgan fingerprint density at radius 1 is 1.28 bits per heavy atom. The number of carbonyl (C=O) groups is 1. The van der Waals surface area contributed by atoms with Crippen molar-refractivity contribution in [3.05, 3.63) is 57.7 Å². The molecule has 5 aliphatic rings. The number of aliphatic hydroxyl groups is 2. The summed E-state index contributed by atoms with van der Waals surface area (Å²) in [7, 11) is 0. The van der Waals surface area contributed by atoms with Crippen molar-refractivity contribution in [1.82, 2.24) is 10.2 Å². The van der Waals surface area contributed by atoms with Gasteiger partial charge in [-0.05, 0) is 50.0 Å². The van der Waals surface area contributed by atoms with Gasteiger partial charge in [0.1, 0.15) is 12.4 Å². The second-order valence-corrected chi connectivity index (χ2v) is 8.35. The third kappa shape index (κ3) is 2.87. The van der Waals surface area contributed by atoms with Gasteiger partial charge in [-0.3, -0.25) is 0 Å². The van der Waals surface area contributed by atoms with Gasteiger partial charge in [0, 0.05) is 23.6 Å². The number of nitrogens with one attached hydrogen (secondary N) is 1. The third-order valence-corrected chi connectivity index (χ3v) is 6.82. The lowest BCUT2D eigenvalue weighted by Gasteiger charge is -2.39. The number of hydrogen-bond acceptors (Lipinski definition) is 6. The number of nitrogens with zero attached hydrogens (tertiary/aromatic N) is 1. The van der Waals surface area contributed by atoms with Crippen molar-refractivity contribution < 1.29 is 24.1 Å².